The number of hydrogen-bond donors (Lipinski definition) is 1. The summed E-state index contributed by atoms with van der Waals surface area (Å²) in [5.74, 6) is 0.376. The van der Waals surface area contributed by atoms with E-state index in [2.05, 4.69) is 10.3 Å². The highest BCUT2D eigenvalue weighted by Gasteiger charge is 2.20. The van der Waals surface area contributed by atoms with Gasteiger partial charge in [0, 0.05) is 18.8 Å². The van der Waals surface area contributed by atoms with Crippen LogP contribution in [0.2, 0.25) is 0 Å². The molecule has 0 aliphatic heterocycles. The minimum Gasteiger partial charge on any atom is -0.417 e. The molecule has 1 aliphatic rings. The highest BCUT2D eigenvalue weighted by atomic mass is 32.2. The van der Waals surface area contributed by atoms with Gasteiger partial charge in [0.1, 0.15) is 12.0 Å². The summed E-state index contributed by atoms with van der Waals surface area (Å²) < 4.78 is 33.7. The summed E-state index contributed by atoms with van der Waals surface area (Å²) in [6, 6.07) is 6.83. The maximum Gasteiger partial charge on any atom is 0.399 e. The van der Waals surface area contributed by atoms with E-state index < -0.39 is 9.84 Å². The Bertz CT molecular complexity index is 735. The highest BCUT2D eigenvalue weighted by molar-refractivity contribution is 7.90. The molecule has 1 aromatic carbocycles. The van der Waals surface area contributed by atoms with Gasteiger partial charge in [0.15, 0.2) is 9.84 Å². The van der Waals surface area contributed by atoms with Gasteiger partial charge < -0.3 is 14.5 Å². The van der Waals surface area contributed by atoms with Crippen LogP contribution in [0.1, 0.15) is 18.5 Å². The molecule has 1 aliphatic carbocycles. The summed E-state index contributed by atoms with van der Waals surface area (Å²) in [6.45, 7) is 0.640. The van der Waals surface area contributed by atoms with Crippen LogP contribution in [-0.4, -0.2) is 25.7 Å². The molecule has 2 aromatic rings. The van der Waals surface area contributed by atoms with E-state index in [9.17, 15) is 8.42 Å². The topological polar surface area (TPSA) is 81.4 Å². The summed E-state index contributed by atoms with van der Waals surface area (Å²) in [5.41, 5.74) is 0.760. The van der Waals surface area contributed by atoms with Crippen molar-refractivity contribution in [3.63, 3.8) is 0 Å². The number of nitrogens with one attached hydrogen (secondary N) is 1. The lowest BCUT2D eigenvalue weighted by molar-refractivity contribution is 0.330. The van der Waals surface area contributed by atoms with E-state index >= 15 is 0 Å². The molecule has 1 saturated carbocycles. The van der Waals surface area contributed by atoms with Crippen LogP contribution >= 0.6 is 0 Å². The van der Waals surface area contributed by atoms with Crippen LogP contribution in [-0.2, 0) is 16.4 Å². The maximum absolute atomic E-state index is 11.5. The molecule has 21 heavy (non-hydrogen) atoms. The molecule has 7 heteroatoms. The maximum atomic E-state index is 11.5. The fourth-order valence-corrected chi connectivity index (χ4v) is 2.48. The van der Waals surface area contributed by atoms with E-state index in [1.54, 1.807) is 12.1 Å². The van der Waals surface area contributed by atoms with E-state index in [0.717, 1.165) is 11.9 Å². The zero-order valence-corrected chi connectivity index (χ0v) is 12.4. The van der Waals surface area contributed by atoms with Gasteiger partial charge in [-0.2, -0.15) is 4.98 Å². The fraction of sp³-hybridized carbons (Fsp3) is 0.357. The number of rotatable bonds is 6. The van der Waals surface area contributed by atoms with Gasteiger partial charge in [-0.25, -0.2) is 8.42 Å². The van der Waals surface area contributed by atoms with E-state index in [1.807, 2.05) is 0 Å². The summed E-state index contributed by atoms with van der Waals surface area (Å²) in [7, 11) is -3.26. The number of sulfone groups is 1. The predicted octanol–water partition coefficient (Wildman–Crippen LogP) is 2.12. The molecule has 0 spiro atoms. The van der Waals surface area contributed by atoms with Gasteiger partial charge in [0.05, 0.1) is 10.6 Å². The highest BCUT2D eigenvalue weighted by Crippen LogP contribution is 2.24. The average Bonchev–Trinajstić information content (AvgIpc) is 3.16. The first-order valence-electron chi connectivity index (χ1n) is 6.66. The van der Waals surface area contributed by atoms with Gasteiger partial charge in [-0.1, -0.05) is 6.07 Å². The number of aromatic nitrogens is 1. The second-order valence-electron chi connectivity index (χ2n) is 5.11. The zero-order chi connectivity index (χ0) is 14.9. The van der Waals surface area contributed by atoms with Crippen LogP contribution in [0.15, 0.2) is 39.8 Å². The molecule has 0 amide bonds. The van der Waals surface area contributed by atoms with Gasteiger partial charge in [0.25, 0.3) is 0 Å². The average molecular weight is 308 g/mol. The number of ether oxygens (including phenoxy) is 1. The smallest absolute Gasteiger partial charge is 0.399 e. The standard InChI is InChI=1S/C14H16N2O4S/c1-21(17,18)13-4-2-3-12(7-13)20-14-16-11(9-19-14)8-15-10-5-6-10/h2-4,7,9-10,15H,5-6,8H2,1H3. The van der Waals surface area contributed by atoms with Crippen LogP contribution in [0.25, 0.3) is 0 Å². The molecule has 1 fully saturated rings. The number of hydrogen-bond acceptors (Lipinski definition) is 6. The second-order valence-corrected chi connectivity index (χ2v) is 7.12. The SMILES string of the molecule is CS(=O)(=O)c1cccc(Oc2nc(CNC3CC3)co2)c1. The lowest BCUT2D eigenvalue weighted by atomic mass is 10.3. The molecule has 0 saturated heterocycles. The molecule has 112 valence electrons. The van der Waals surface area contributed by atoms with Crippen molar-refractivity contribution >= 4 is 9.84 Å². The van der Waals surface area contributed by atoms with Gasteiger partial charge >= 0.3 is 6.08 Å². The van der Waals surface area contributed by atoms with Crippen molar-refractivity contribution in [2.24, 2.45) is 0 Å². The lowest BCUT2D eigenvalue weighted by Gasteiger charge is -2.03. The molecular formula is C14H16N2O4S. The molecule has 1 N–H and O–H groups in total. The van der Waals surface area contributed by atoms with Crippen molar-refractivity contribution in [2.45, 2.75) is 30.3 Å². The van der Waals surface area contributed by atoms with E-state index in [4.69, 9.17) is 9.15 Å². The van der Waals surface area contributed by atoms with Crippen LogP contribution in [0.3, 0.4) is 0 Å². The van der Waals surface area contributed by atoms with Gasteiger partial charge in [0.2, 0.25) is 0 Å². The zero-order valence-electron chi connectivity index (χ0n) is 11.6. The fourth-order valence-electron chi connectivity index (χ4n) is 1.82. The minimum absolute atomic E-state index is 0.105. The van der Waals surface area contributed by atoms with Crippen molar-refractivity contribution < 1.29 is 17.6 Å². The largest absolute Gasteiger partial charge is 0.417 e. The van der Waals surface area contributed by atoms with Gasteiger partial charge in [-0.05, 0) is 31.0 Å². The molecule has 0 unspecified atom stereocenters. The molecule has 0 bridgehead atoms. The first-order valence-corrected chi connectivity index (χ1v) is 8.55. The molecule has 6 nitrogen and oxygen atoms in total. The van der Waals surface area contributed by atoms with Crippen molar-refractivity contribution in [1.82, 2.24) is 10.3 Å². The first kappa shape index (κ1) is 14.1. The van der Waals surface area contributed by atoms with E-state index in [1.165, 1.54) is 31.2 Å². The lowest BCUT2D eigenvalue weighted by Crippen LogP contribution is -2.15. The number of oxazole rings is 1. The molecule has 1 heterocycles. The van der Waals surface area contributed by atoms with Crippen molar-refractivity contribution in [2.75, 3.05) is 6.26 Å². The Hall–Kier alpha value is -1.86. The van der Waals surface area contributed by atoms with Crippen LogP contribution in [0.4, 0.5) is 0 Å². The Labute approximate surface area is 123 Å². The van der Waals surface area contributed by atoms with E-state index in [0.29, 0.717) is 18.3 Å². The first-order chi connectivity index (χ1) is 10.0. The summed E-state index contributed by atoms with van der Waals surface area (Å²) in [6.07, 6.45) is 5.21. The van der Waals surface area contributed by atoms with Gasteiger partial charge in [-0.3, -0.25) is 0 Å². The monoisotopic (exact) mass is 308 g/mol. The third kappa shape index (κ3) is 3.83. The molecule has 0 atom stereocenters. The van der Waals surface area contributed by atoms with Crippen molar-refractivity contribution in [3.8, 4) is 11.8 Å². The Morgan fingerprint density at radius 3 is 2.95 bits per heavy atom. The third-order valence-electron chi connectivity index (χ3n) is 3.12. The molecule has 3 rings (SSSR count). The summed E-state index contributed by atoms with van der Waals surface area (Å²) in [5, 5.41) is 3.32. The number of benzene rings is 1. The van der Waals surface area contributed by atoms with Gasteiger partial charge in [-0.15, -0.1) is 0 Å². The normalized spacial score (nSPS) is 15.1. The number of nitrogens with zero attached hydrogens (tertiary/aromatic N) is 1. The second kappa shape index (κ2) is 5.50. The molecule has 1 aromatic heterocycles. The quantitative estimate of drug-likeness (QED) is 0.880. The van der Waals surface area contributed by atoms with Crippen LogP contribution in [0, 0.1) is 0 Å². The Balaban J connectivity index is 1.68. The van der Waals surface area contributed by atoms with Crippen LogP contribution in [0.5, 0.6) is 11.8 Å². The van der Waals surface area contributed by atoms with Crippen molar-refractivity contribution in [3.05, 3.63) is 36.2 Å². The third-order valence-corrected chi connectivity index (χ3v) is 4.23. The van der Waals surface area contributed by atoms with Crippen LogP contribution < -0.4 is 10.1 Å². The van der Waals surface area contributed by atoms with Crippen molar-refractivity contribution in [1.29, 1.82) is 0 Å². The molecule has 0 radical (unpaired) electrons. The minimum atomic E-state index is -3.26. The Morgan fingerprint density at radius 1 is 1.43 bits per heavy atom. The van der Waals surface area contributed by atoms with E-state index in [-0.39, 0.29) is 11.0 Å². The molecular weight excluding hydrogens is 292 g/mol. The summed E-state index contributed by atoms with van der Waals surface area (Å²) >= 11 is 0. The Morgan fingerprint density at radius 2 is 2.24 bits per heavy atom. The summed E-state index contributed by atoms with van der Waals surface area (Å²) in [4.78, 5) is 4.39. The predicted molar refractivity (Wildman–Crippen MR) is 76.0 cm³/mol. The Kier molecular flexibility index (Phi) is 3.69.